The summed E-state index contributed by atoms with van der Waals surface area (Å²) in [4.78, 5) is 15.9. The second-order valence-corrected chi connectivity index (χ2v) is 6.79. The fourth-order valence-corrected chi connectivity index (χ4v) is 3.40. The molecule has 3 aromatic rings. The molecule has 0 radical (unpaired) electrons. The monoisotopic (exact) mass is 379 g/mol. The van der Waals surface area contributed by atoms with Gasteiger partial charge in [0.05, 0.1) is 13.0 Å². The predicted octanol–water partition coefficient (Wildman–Crippen LogP) is 4.57. The molecule has 28 heavy (non-hydrogen) atoms. The van der Waals surface area contributed by atoms with Gasteiger partial charge in [-0.1, -0.05) is 12.1 Å². The highest BCUT2D eigenvalue weighted by molar-refractivity contribution is 5.92. The van der Waals surface area contributed by atoms with Crippen LogP contribution in [0.1, 0.15) is 37.3 Å². The smallest absolute Gasteiger partial charge is 0.308 e. The highest BCUT2D eigenvalue weighted by Gasteiger charge is 2.22. The van der Waals surface area contributed by atoms with Gasteiger partial charge >= 0.3 is 5.97 Å². The van der Waals surface area contributed by atoms with Gasteiger partial charge in [-0.05, 0) is 44.2 Å². The Balaban J connectivity index is 1.82. The number of rotatable bonds is 6. The van der Waals surface area contributed by atoms with E-state index in [1.807, 2.05) is 44.2 Å². The lowest BCUT2D eigenvalue weighted by Gasteiger charge is -2.11. The molecule has 6 nitrogen and oxygen atoms in total. The number of ether oxygens (including phenoxy) is 2. The summed E-state index contributed by atoms with van der Waals surface area (Å²) in [7, 11) is 0. The van der Waals surface area contributed by atoms with Gasteiger partial charge in [0.1, 0.15) is 23.1 Å². The van der Waals surface area contributed by atoms with Gasteiger partial charge in [-0.25, -0.2) is 4.98 Å². The van der Waals surface area contributed by atoms with Crippen molar-refractivity contribution in [2.24, 2.45) is 0 Å². The maximum absolute atomic E-state index is 11.5. The minimum atomic E-state index is -0.961. The number of carboxylic acids is 1. The molecule has 0 unspecified atom stereocenters. The molecule has 2 heterocycles. The predicted molar refractivity (Wildman–Crippen MR) is 106 cm³/mol. The standard InChI is InChI=1S/C22H21NO5/c1-3-26-19-10-14-8-13(2)27-20(14)11-15(19)9-16(12-21(24)25)22-23-17-6-4-5-7-18(17)28-22/h4-7,9-11,13H,3,8,12H2,1-2H3,(H,24,25)/b16-9+/t13-/m0/s1. The first kappa shape index (κ1) is 18.1. The number of benzene rings is 2. The first-order valence-electron chi connectivity index (χ1n) is 9.28. The van der Waals surface area contributed by atoms with E-state index in [0.717, 1.165) is 23.3 Å². The summed E-state index contributed by atoms with van der Waals surface area (Å²) in [6.07, 6.45) is 2.48. The Morgan fingerprint density at radius 1 is 1.36 bits per heavy atom. The lowest BCUT2D eigenvalue weighted by molar-refractivity contribution is -0.135. The first-order valence-corrected chi connectivity index (χ1v) is 9.28. The Hall–Kier alpha value is -3.28. The van der Waals surface area contributed by atoms with Gasteiger partial charge in [0, 0.05) is 23.1 Å². The van der Waals surface area contributed by atoms with Crippen LogP contribution in [0.2, 0.25) is 0 Å². The summed E-state index contributed by atoms with van der Waals surface area (Å²) in [5.41, 5.74) is 3.61. The molecular formula is C22H21NO5. The van der Waals surface area contributed by atoms with Crippen LogP contribution in [0, 0.1) is 0 Å². The molecular weight excluding hydrogens is 358 g/mol. The molecule has 0 amide bonds. The fraction of sp³-hybridized carbons (Fsp3) is 0.273. The molecule has 0 saturated carbocycles. The number of carbonyl (C=O) groups is 1. The van der Waals surface area contributed by atoms with Crippen molar-refractivity contribution >= 4 is 28.7 Å². The summed E-state index contributed by atoms with van der Waals surface area (Å²) < 4.78 is 17.5. The third-order valence-corrected chi connectivity index (χ3v) is 4.57. The van der Waals surface area contributed by atoms with Gasteiger partial charge in [0.15, 0.2) is 5.58 Å². The molecule has 1 aliphatic heterocycles. The Morgan fingerprint density at radius 3 is 2.93 bits per heavy atom. The Morgan fingerprint density at radius 2 is 2.18 bits per heavy atom. The topological polar surface area (TPSA) is 81.8 Å². The third kappa shape index (κ3) is 3.58. The average Bonchev–Trinajstić information content (AvgIpc) is 3.23. The zero-order chi connectivity index (χ0) is 19.7. The molecule has 0 fully saturated rings. The van der Waals surface area contributed by atoms with Crippen molar-refractivity contribution in [3.8, 4) is 11.5 Å². The van der Waals surface area contributed by atoms with Gasteiger partial charge in [0.25, 0.3) is 0 Å². The van der Waals surface area contributed by atoms with Crippen LogP contribution < -0.4 is 9.47 Å². The molecule has 144 valence electrons. The number of para-hydroxylation sites is 2. The van der Waals surface area contributed by atoms with Crippen molar-refractivity contribution in [3.05, 3.63) is 53.4 Å². The van der Waals surface area contributed by atoms with Crippen LogP contribution in [0.15, 0.2) is 40.8 Å². The van der Waals surface area contributed by atoms with Crippen LogP contribution in [0.4, 0.5) is 0 Å². The highest BCUT2D eigenvalue weighted by Crippen LogP contribution is 2.37. The summed E-state index contributed by atoms with van der Waals surface area (Å²) >= 11 is 0. The summed E-state index contributed by atoms with van der Waals surface area (Å²) in [5, 5.41) is 9.39. The van der Waals surface area contributed by atoms with Crippen molar-refractivity contribution in [2.45, 2.75) is 32.8 Å². The fourth-order valence-electron chi connectivity index (χ4n) is 3.40. The minimum absolute atomic E-state index is 0.110. The van der Waals surface area contributed by atoms with E-state index in [4.69, 9.17) is 13.9 Å². The van der Waals surface area contributed by atoms with E-state index in [9.17, 15) is 9.90 Å². The van der Waals surface area contributed by atoms with Crippen molar-refractivity contribution < 1.29 is 23.8 Å². The SMILES string of the molecule is CCOc1cc2c(cc1/C=C(\CC(=O)O)c1nc3ccccc3o1)O[C@@H](C)C2. The number of carboxylic acid groups (broad SMARTS) is 1. The summed E-state index contributed by atoms with van der Waals surface area (Å²) in [5.74, 6) is 0.825. The van der Waals surface area contributed by atoms with Gasteiger partial charge in [-0.3, -0.25) is 4.79 Å². The highest BCUT2D eigenvalue weighted by atomic mass is 16.5. The molecule has 1 atom stereocenters. The lowest BCUT2D eigenvalue weighted by Crippen LogP contribution is -2.05. The molecule has 0 saturated heterocycles. The zero-order valence-corrected chi connectivity index (χ0v) is 15.8. The van der Waals surface area contributed by atoms with E-state index in [2.05, 4.69) is 4.98 Å². The number of fused-ring (bicyclic) bond motifs is 2. The number of aromatic nitrogens is 1. The molecule has 0 spiro atoms. The van der Waals surface area contributed by atoms with Crippen molar-refractivity contribution in [3.63, 3.8) is 0 Å². The Labute approximate surface area is 162 Å². The molecule has 2 aromatic carbocycles. The van der Waals surface area contributed by atoms with Crippen LogP contribution in [-0.4, -0.2) is 28.8 Å². The largest absolute Gasteiger partial charge is 0.493 e. The van der Waals surface area contributed by atoms with Crippen LogP contribution in [0.3, 0.4) is 0 Å². The van der Waals surface area contributed by atoms with Crippen molar-refractivity contribution in [1.82, 2.24) is 4.98 Å². The number of hydrogen-bond donors (Lipinski definition) is 1. The molecule has 0 bridgehead atoms. The lowest BCUT2D eigenvalue weighted by atomic mass is 10.0. The van der Waals surface area contributed by atoms with Crippen LogP contribution >= 0.6 is 0 Å². The van der Waals surface area contributed by atoms with E-state index < -0.39 is 5.97 Å². The second-order valence-electron chi connectivity index (χ2n) is 6.79. The van der Waals surface area contributed by atoms with Gasteiger partial charge in [-0.2, -0.15) is 0 Å². The average molecular weight is 379 g/mol. The maximum Gasteiger partial charge on any atom is 0.308 e. The number of oxazole rings is 1. The quantitative estimate of drug-likeness (QED) is 0.676. The van der Waals surface area contributed by atoms with Crippen molar-refractivity contribution in [1.29, 1.82) is 0 Å². The maximum atomic E-state index is 11.5. The van der Waals surface area contributed by atoms with Crippen LogP contribution in [-0.2, 0) is 11.2 Å². The van der Waals surface area contributed by atoms with Crippen molar-refractivity contribution in [2.75, 3.05) is 6.61 Å². The molecule has 0 aliphatic carbocycles. The first-order chi connectivity index (χ1) is 13.5. The zero-order valence-electron chi connectivity index (χ0n) is 15.8. The molecule has 4 rings (SSSR count). The molecule has 6 heteroatoms. The minimum Gasteiger partial charge on any atom is -0.493 e. The van der Waals surface area contributed by atoms with Gasteiger partial charge in [0.2, 0.25) is 5.89 Å². The summed E-state index contributed by atoms with van der Waals surface area (Å²) in [6.45, 7) is 4.44. The van der Waals surface area contributed by atoms with E-state index >= 15 is 0 Å². The number of aliphatic carboxylic acids is 1. The third-order valence-electron chi connectivity index (χ3n) is 4.57. The van der Waals surface area contributed by atoms with Crippen LogP contribution in [0.5, 0.6) is 11.5 Å². The Bertz CT molecular complexity index is 1030. The van der Waals surface area contributed by atoms with E-state index in [0.29, 0.717) is 34.9 Å². The van der Waals surface area contributed by atoms with E-state index in [-0.39, 0.29) is 12.5 Å². The van der Waals surface area contributed by atoms with Gasteiger partial charge < -0.3 is 19.0 Å². The van der Waals surface area contributed by atoms with E-state index in [1.165, 1.54) is 0 Å². The summed E-state index contributed by atoms with van der Waals surface area (Å²) in [6, 6.07) is 11.2. The van der Waals surface area contributed by atoms with E-state index in [1.54, 1.807) is 12.1 Å². The van der Waals surface area contributed by atoms with Crippen LogP contribution in [0.25, 0.3) is 22.7 Å². The Kier molecular flexibility index (Phi) is 4.77. The molecule has 1 aromatic heterocycles. The second kappa shape index (κ2) is 7.38. The molecule has 1 N–H and O–H groups in total. The van der Waals surface area contributed by atoms with Gasteiger partial charge in [-0.15, -0.1) is 0 Å². The normalized spacial score (nSPS) is 16.1. The number of hydrogen-bond acceptors (Lipinski definition) is 5. The molecule has 1 aliphatic rings. The number of nitrogens with zero attached hydrogens (tertiary/aromatic N) is 1.